The molecule has 0 heterocycles. The molecule has 5 nitrogen and oxygen atoms in total. The number of halogens is 1. The number of rotatable bonds is 5. The molecule has 7 heteroatoms. The lowest BCUT2D eigenvalue weighted by atomic mass is 10.1. The average molecular weight is 413 g/mol. The number of aryl methyl sites for hydroxylation is 1. The van der Waals surface area contributed by atoms with Gasteiger partial charge >= 0.3 is 0 Å². The summed E-state index contributed by atoms with van der Waals surface area (Å²) >= 11 is 7.13. The number of nitro benzene ring substituents is 1. The minimum atomic E-state index is -0.479. The molecule has 0 aliphatic carbocycles. The average Bonchev–Trinajstić information content (AvgIpc) is 2.67. The highest BCUT2D eigenvalue weighted by atomic mass is 35.5. The number of nitrogens with one attached hydrogen (secondary N) is 1. The second-order valence-electron chi connectivity index (χ2n) is 6.20. The van der Waals surface area contributed by atoms with E-state index in [4.69, 9.17) is 11.6 Å². The van der Waals surface area contributed by atoms with Crippen molar-refractivity contribution in [1.29, 1.82) is 0 Å². The number of nitro groups is 1. The SMILES string of the molecule is Cc1cccc(NC(=O)c2ccc(Sc3ccc(Cl)cc3)c([N+](=O)[O-])c2)c1C. The van der Waals surface area contributed by atoms with Crippen molar-refractivity contribution in [3.8, 4) is 0 Å². The summed E-state index contributed by atoms with van der Waals surface area (Å²) in [5.41, 5.74) is 2.81. The van der Waals surface area contributed by atoms with Crippen LogP contribution in [0.3, 0.4) is 0 Å². The van der Waals surface area contributed by atoms with Crippen LogP contribution >= 0.6 is 23.4 Å². The van der Waals surface area contributed by atoms with Gasteiger partial charge in [-0.1, -0.05) is 35.5 Å². The van der Waals surface area contributed by atoms with Gasteiger partial charge in [0.2, 0.25) is 0 Å². The molecule has 0 aliphatic heterocycles. The first-order valence-electron chi connectivity index (χ1n) is 8.44. The Morgan fingerprint density at radius 3 is 2.46 bits per heavy atom. The summed E-state index contributed by atoms with van der Waals surface area (Å²) < 4.78 is 0. The van der Waals surface area contributed by atoms with Gasteiger partial charge in [-0.3, -0.25) is 14.9 Å². The largest absolute Gasteiger partial charge is 0.322 e. The molecule has 28 heavy (non-hydrogen) atoms. The number of benzene rings is 3. The summed E-state index contributed by atoms with van der Waals surface area (Å²) in [6.45, 7) is 3.87. The van der Waals surface area contributed by atoms with Gasteiger partial charge in [-0.15, -0.1) is 0 Å². The Morgan fingerprint density at radius 1 is 1.07 bits per heavy atom. The lowest BCUT2D eigenvalue weighted by Gasteiger charge is -2.11. The van der Waals surface area contributed by atoms with Crippen molar-refractivity contribution in [2.75, 3.05) is 5.32 Å². The van der Waals surface area contributed by atoms with Crippen LogP contribution in [0.5, 0.6) is 0 Å². The van der Waals surface area contributed by atoms with Crippen molar-refractivity contribution in [1.82, 2.24) is 0 Å². The number of hydrogen-bond donors (Lipinski definition) is 1. The predicted molar refractivity (Wildman–Crippen MR) is 113 cm³/mol. The molecule has 0 atom stereocenters. The quantitative estimate of drug-likeness (QED) is 0.396. The molecule has 0 saturated carbocycles. The van der Waals surface area contributed by atoms with Crippen molar-refractivity contribution < 1.29 is 9.72 Å². The Labute approximate surface area is 171 Å². The lowest BCUT2D eigenvalue weighted by molar-refractivity contribution is -0.387. The van der Waals surface area contributed by atoms with E-state index in [1.54, 1.807) is 42.5 Å². The van der Waals surface area contributed by atoms with E-state index in [9.17, 15) is 14.9 Å². The number of carbonyl (C=O) groups excluding carboxylic acids is 1. The molecule has 0 spiro atoms. The highest BCUT2D eigenvalue weighted by molar-refractivity contribution is 7.99. The van der Waals surface area contributed by atoms with Crippen LogP contribution in [0.25, 0.3) is 0 Å². The number of nitrogens with zero attached hydrogens (tertiary/aromatic N) is 1. The fourth-order valence-electron chi connectivity index (χ4n) is 2.60. The summed E-state index contributed by atoms with van der Waals surface area (Å²) in [6, 6.07) is 17.1. The van der Waals surface area contributed by atoms with Crippen LogP contribution in [-0.2, 0) is 0 Å². The minimum absolute atomic E-state index is 0.117. The summed E-state index contributed by atoms with van der Waals surface area (Å²) in [5, 5.41) is 15.0. The zero-order valence-electron chi connectivity index (χ0n) is 15.2. The smallest absolute Gasteiger partial charge is 0.284 e. The highest BCUT2D eigenvalue weighted by Gasteiger charge is 2.19. The maximum Gasteiger partial charge on any atom is 0.284 e. The fraction of sp³-hybridized carbons (Fsp3) is 0.0952. The monoisotopic (exact) mass is 412 g/mol. The van der Waals surface area contributed by atoms with Gasteiger partial charge in [-0.2, -0.15) is 0 Å². The van der Waals surface area contributed by atoms with Crippen LogP contribution in [0.1, 0.15) is 21.5 Å². The van der Waals surface area contributed by atoms with E-state index in [0.717, 1.165) is 16.0 Å². The van der Waals surface area contributed by atoms with Crippen LogP contribution in [0, 0.1) is 24.0 Å². The molecule has 0 fully saturated rings. The van der Waals surface area contributed by atoms with E-state index >= 15 is 0 Å². The third-order valence-electron chi connectivity index (χ3n) is 4.31. The number of anilines is 1. The number of carbonyl (C=O) groups is 1. The van der Waals surface area contributed by atoms with Gasteiger partial charge in [0.25, 0.3) is 11.6 Å². The van der Waals surface area contributed by atoms with Crippen molar-refractivity contribution in [3.05, 3.63) is 92.5 Å². The Kier molecular flexibility index (Phi) is 6.02. The second kappa shape index (κ2) is 8.46. The Morgan fingerprint density at radius 2 is 1.79 bits per heavy atom. The zero-order valence-corrected chi connectivity index (χ0v) is 16.8. The van der Waals surface area contributed by atoms with Gasteiger partial charge < -0.3 is 5.32 Å². The first kappa shape index (κ1) is 19.9. The molecule has 1 amide bonds. The van der Waals surface area contributed by atoms with E-state index in [1.807, 2.05) is 26.0 Å². The van der Waals surface area contributed by atoms with Crippen LogP contribution in [0.2, 0.25) is 5.02 Å². The molecular weight excluding hydrogens is 396 g/mol. The maximum atomic E-state index is 12.6. The van der Waals surface area contributed by atoms with Gasteiger partial charge in [-0.25, -0.2) is 0 Å². The second-order valence-corrected chi connectivity index (χ2v) is 7.75. The summed E-state index contributed by atoms with van der Waals surface area (Å²) in [7, 11) is 0. The van der Waals surface area contributed by atoms with Crippen LogP contribution in [0.4, 0.5) is 11.4 Å². The van der Waals surface area contributed by atoms with Gasteiger partial charge in [0, 0.05) is 27.2 Å². The first-order valence-corrected chi connectivity index (χ1v) is 9.64. The maximum absolute atomic E-state index is 12.6. The minimum Gasteiger partial charge on any atom is -0.322 e. The van der Waals surface area contributed by atoms with Crippen molar-refractivity contribution >= 4 is 40.6 Å². The number of hydrogen-bond acceptors (Lipinski definition) is 4. The summed E-state index contributed by atoms with van der Waals surface area (Å²) in [6.07, 6.45) is 0. The highest BCUT2D eigenvalue weighted by Crippen LogP contribution is 2.36. The molecule has 3 aromatic carbocycles. The third kappa shape index (κ3) is 4.52. The molecule has 0 saturated heterocycles. The molecule has 3 rings (SSSR count). The normalized spacial score (nSPS) is 10.5. The van der Waals surface area contributed by atoms with E-state index < -0.39 is 4.92 Å². The standard InChI is InChI=1S/C21H17ClN2O3S/c1-13-4-3-5-18(14(13)2)23-21(25)15-6-11-20(19(12-15)24(26)27)28-17-9-7-16(22)8-10-17/h3-12H,1-2H3,(H,23,25). The van der Waals surface area contributed by atoms with Gasteiger partial charge in [0.05, 0.1) is 9.82 Å². The summed E-state index contributed by atoms with van der Waals surface area (Å²) in [5.74, 6) is -0.389. The number of amides is 1. The zero-order chi connectivity index (χ0) is 20.3. The van der Waals surface area contributed by atoms with Crippen LogP contribution in [0.15, 0.2) is 70.5 Å². The molecule has 0 aromatic heterocycles. The molecule has 3 aromatic rings. The van der Waals surface area contributed by atoms with E-state index in [2.05, 4.69) is 5.32 Å². The van der Waals surface area contributed by atoms with Crippen molar-refractivity contribution in [2.45, 2.75) is 23.6 Å². The van der Waals surface area contributed by atoms with Gasteiger partial charge in [-0.05, 0) is 67.4 Å². The molecule has 1 N–H and O–H groups in total. The fourth-order valence-corrected chi connectivity index (χ4v) is 3.62. The predicted octanol–water partition coefficient (Wildman–Crippen LogP) is 6.27. The third-order valence-corrected chi connectivity index (χ3v) is 5.64. The topological polar surface area (TPSA) is 72.2 Å². The van der Waals surface area contributed by atoms with Crippen LogP contribution < -0.4 is 5.32 Å². The van der Waals surface area contributed by atoms with E-state index in [0.29, 0.717) is 15.6 Å². The Hall–Kier alpha value is -2.83. The molecule has 142 valence electrons. The van der Waals surface area contributed by atoms with Gasteiger partial charge in [0.1, 0.15) is 0 Å². The molecule has 0 unspecified atom stereocenters. The first-order chi connectivity index (χ1) is 13.3. The van der Waals surface area contributed by atoms with Crippen LogP contribution in [-0.4, -0.2) is 10.8 Å². The lowest BCUT2D eigenvalue weighted by Crippen LogP contribution is -2.13. The molecule has 0 aliphatic rings. The van der Waals surface area contributed by atoms with E-state index in [-0.39, 0.29) is 17.2 Å². The molecule has 0 radical (unpaired) electrons. The molecule has 0 bridgehead atoms. The van der Waals surface area contributed by atoms with E-state index in [1.165, 1.54) is 17.8 Å². The summed E-state index contributed by atoms with van der Waals surface area (Å²) in [4.78, 5) is 24.9. The Balaban J connectivity index is 1.87. The Bertz CT molecular complexity index is 1050. The van der Waals surface area contributed by atoms with Crippen molar-refractivity contribution in [3.63, 3.8) is 0 Å². The molecular formula is C21H17ClN2O3S. The van der Waals surface area contributed by atoms with Gasteiger partial charge in [0.15, 0.2) is 0 Å². The van der Waals surface area contributed by atoms with Crippen molar-refractivity contribution in [2.24, 2.45) is 0 Å².